The minimum Gasteiger partial charge on any atom is -0.340 e. The lowest BCUT2D eigenvalue weighted by atomic mass is 10.1. The van der Waals surface area contributed by atoms with Gasteiger partial charge in [-0.1, -0.05) is 72.4 Å². The molecule has 1 aromatic heterocycles. The van der Waals surface area contributed by atoms with Crippen molar-refractivity contribution in [2.75, 3.05) is 31.9 Å². The lowest BCUT2D eigenvalue weighted by molar-refractivity contribution is -0.133. The van der Waals surface area contributed by atoms with Crippen molar-refractivity contribution in [2.24, 2.45) is 7.05 Å². The molecule has 2 aromatic carbocycles. The summed E-state index contributed by atoms with van der Waals surface area (Å²) in [6.07, 6.45) is 1.89. The summed E-state index contributed by atoms with van der Waals surface area (Å²) in [5.41, 5.74) is 3.95. The molecule has 3 aromatic rings. The molecule has 1 aliphatic rings. The number of aryl methyl sites for hydroxylation is 1. The molecule has 4 rings (SSSR count). The number of hydrogen-bond acceptors (Lipinski definition) is 5. The Morgan fingerprint density at radius 3 is 2.23 bits per heavy atom. The molecule has 6 nitrogen and oxygen atoms in total. The first-order valence-electron chi connectivity index (χ1n) is 12.3. The number of carbonyl (C=O) groups excluding carboxylic acids is 1. The maximum atomic E-state index is 12.9. The van der Waals surface area contributed by atoms with E-state index in [9.17, 15) is 9.59 Å². The Morgan fingerprint density at radius 2 is 1.57 bits per heavy atom. The second-order valence-electron chi connectivity index (χ2n) is 9.08. The standard InChI is InChI=1S/C28H34N4O2S/c1-22-25(20-23-10-5-3-6-11-23)27(34)30(2)28(29-22)35-19-9-14-26(33)32-17-15-31(16-18-32)21-24-12-7-4-8-13-24/h3-8,10-13H,9,14-21H2,1-2H3. The largest absolute Gasteiger partial charge is 0.340 e. The van der Waals surface area contributed by atoms with E-state index >= 15 is 0 Å². The van der Waals surface area contributed by atoms with E-state index < -0.39 is 0 Å². The lowest BCUT2D eigenvalue weighted by Gasteiger charge is -2.34. The van der Waals surface area contributed by atoms with Gasteiger partial charge in [-0.3, -0.25) is 19.1 Å². The number of rotatable bonds is 9. The number of aromatic nitrogens is 2. The van der Waals surface area contributed by atoms with E-state index in [0.29, 0.717) is 18.0 Å². The molecular formula is C28H34N4O2S. The number of benzene rings is 2. The average molecular weight is 491 g/mol. The van der Waals surface area contributed by atoms with Crippen LogP contribution in [0, 0.1) is 6.92 Å². The quantitative estimate of drug-likeness (QED) is 0.259. The maximum Gasteiger partial charge on any atom is 0.257 e. The van der Waals surface area contributed by atoms with E-state index in [-0.39, 0.29) is 11.5 Å². The summed E-state index contributed by atoms with van der Waals surface area (Å²) >= 11 is 1.55. The van der Waals surface area contributed by atoms with E-state index in [2.05, 4.69) is 29.2 Å². The first kappa shape index (κ1) is 25.2. The Hall–Kier alpha value is -2.90. The zero-order valence-electron chi connectivity index (χ0n) is 20.7. The SMILES string of the molecule is Cc1nc(SCCCC(=O)N2CCN(Cc3ccccc3)CC2)n(C)c(=O)c1Cc1ccccc1. The van der Waals surface area contributed by atoms with E-state index in [0.717, 1.165) is 61.7 Å². The van der Waals surface area contributed by atoms with Crippen LogP contribution in [-0.4, -0.2) is 57.2 Å². The summed E-state index contributed by atoms with van der Waals surface area (Å²) in [5.74, 6) is 0.985. The molecule has 0 saturated carbocycles. The third-order valence-electron chi connectivity index (χ3n) is 6.51. The smallest absolute Gasteiger partial charge is 0.257 e. The van der Waals surface area contributed by atoms with Crippen molar-refractivity contribution in [3.05, 3.63) is 93.4 Å². The molecule has 184 valence electrons. The van der Waals surface area contributed by atoms with Crippen LogP contribution >= 0.6 is 11.8 Å². The van der Waals surface area contributed by atoms with Crippen LogP contribution in [-0.2, 0) is 24.8 Å². The number of thioether (sulfide) groups is 1. The molecule has 0 spiro atoms. The summed E-state index contributed by atoms with van der Waals surface area (Å²) in [7, 11) is 1.78. The fourth-order valence-electron chi connectivity index (χ4n) is 4.40. The van der Waals surface area contributed by atoms with Gasteiger partial charge in [0, 0.05) is 69.6 Å². The summed E-state index contributed by atoms with van der Waals surface area (Å²) in [4.78, 5) is 34.7. The highest BCUT2D eigenvalue weighted by Crippen LogP contribution is 2.19. The molecule has 0 aliphatic carbocycles. The molecule has 0 atom stereocenters. The second-order valence-corrected chi connectivity index (χ2v) is 10.1. The molecule has 0 bridgehead atoms. The van der Waals surface area contributed by atoms with Crippen molar-refractivity contribution in [3.63, 3.8) is 0 Å². The van der Waals surface area contributed by atoms with Crippen LogP contribution in [0.25, 0.3) is 0 Å². The molecule has 2 heterocycles. The highest BCUT2D eigenvalue weighted by molar-refractivity contribution is 7.99. The predicted octanol–water partition coefficient (Wildman–Crippen LogP) is 3.90. The highest BCUT2D eigenvalue weighted by Gasteiger charge is 2.21. The van der Waals surface area contributed by atoms with Gasteiger partial charge < -0.3 is 4.90 Å². The molecule has 0 radical (unpaired) electrons. The van der Waals surface area contributed by atoms with E-state index in [1.165, 1.54) is 5.56 Å². The molecule has 1 aliphatic heterocycles. The zero-order valence-corrected chi connectivity index (χ0v) is 21.5. The van der Waals surface area contributed by atoms with Crippen LogP contribution in [0.2, 0.25) is 0 Å². The van der Waals surface area contributed by atoms with Crippen LogP contribution in [0.3, 0.4) is 0 Å². The first-order chi connectivity index (χ1) is 17.0. The number of nitrogens with zero attached hydrogens (tertiary/aromatic N) is 4. The van der Waals surface area contributed by atoms with Crippen molar-refractivity contribution in [2.45, 2.75) is 37.9 Å². The Morgan fingerprint density at radius 1 is 0.943 bits per heavy atom. The molecule has 1 saturated heterocycles. The van der Waals surface area contributed by atoms with Gasteiger partial charge in [0.1, 0.15) is 0 Å². The van der Waals surface area contributed by atoms with Crippen molar-refractivity contribution in [3.8, 4) is 0 Å². The van der Waals surface area contributed by atoms with Crippen molar-refractivity contribution < 1.29 is 4.79 Å². The summed E-state index contributed by atoms with van der Waals surface area (Å²) in [6, 6.07) is 20.5. The normalized spacial score (nSPS) is 14.3. The minimum atomic E-state index is 0.00769. The molecule has 0 unspecified atom stereocenters. The molecule has 0 N–H and O–H groups in total. The highest BCUT2D eigenvalue weighted by atomic mass is 32.2. The average Bonchev–Trinajstić information content (AvgIpc) is 2.89. The van der Waals surface area contributed by atoms with Gasteiger partial charge in [-0.25, -0.2) is 4.98 Å². The lowest BCUT2D eigenvalue weighted by Crippen LogP contribution is -2.48. The minimum absolute atomic E-state index is 0.00769. The fourth-order valence-corrected chi connectivity index (χ4v) is 5.35. The monoisotopic (exact) mass is 490 g/mol. The summed E-state index contributed by atoms with van der Waals surface area (Å²) in [5, 5.41) is 0.714. The topological polar surface area (TPSA) is 58.4 Å². The Labute approximate surface area is 212 Å². The van der Waals surface area contributed by atoms with E-state index in [4.69, 9.17) is 4.98 Å². The van der Waals surface area contributed by atoms with Gasteiger partial charge in [-0.05, 0) is 24.5 Å². The first-order valence-corrected chi connectivity index (χ1v) is 13.3. The number of piperazine rings is 1. The van der Waals surface area contributed by atoms with Crippen LogP contribution in [0.1, 0.15) is 35.2 Å². The summed E-state index contributed by atoms with van der Waals surface area (Å²) in [6.45, 7) is 6.25. The second kappa shape index (κ2) is 12.2. The van der Waals surface area contributed by atoms with Crippen molar-refractivity contribution >= 4 is 17.7 Å². The van der Waals surface area contributed by atoms with Crippen LogP contribution in [0.15, 0.2) is 70.6 Å². The molecule has 1 amide bonds. The number of carbonyl (C=O) groups is 1. The Kier molecular flexibility index (Phi) is 8.77. The third-order valence-corrected chi connectivity index (χ3v) is 7.63. The van der Waals surface area contributed by atoms with Gasteiger partial charge in [-0.2, -0.15) is 0 Å². The van der Waals surface area contributed by atoms with Crippen LogP contribution in [0.5, 0.6) is 0 Å². The zero-order chi connectivity index (χ0) is 24.6. The van der Waals surface area contributed by atoms with Gasteiger partial charge in [0.25, 0.3) is 5.56 Å². The van der Waals surface area contributed by atoms with Crippen LogP contribution in [0.4, 0.5) is 0 Å². The Bertz CT molecular complexity index is 1170. The molecule has 35 heavy (non-hydrogen) atoms. The van der Waals surface area contributed by atoms with Crippen molar-refractivity contribution in [1.29, 1.82) is 0 Å². The summed E-state index contributed by atoms with van der Waals surface area (Å²) < 4.78 is 1.64. The Balaban J connectivity index is 1.22. The van der Waals surface area contributed by atoms with E-state index in [1.54, 1.807) is 23.4 Å². The molecule has 1 fully saturated rings. The molecular weight excluding hydrogens is 456 g/mol. The van der Waals surface area contributed by atoms with E-state index in [1.807, 2.05) is 48.2 Å². The van der Waals surface area contributed by atoms with Gasteiger partial charge in [0.05, 0.1) is 0 Å². The van der Waals surface area contributed by atoms with Crippen molar-refractivity contribution in [1.82, 2.24) is 19.4 Å². The fraction of sp³-hybridized carbons (Fsp3) is 0.393. The number of amides is 1. The molecule has 7 heteroatoms. The number of hydrogen-bond donors (Lipinski definition) is 0. The maximum absolute atomic E-state index is 12.9. The van der Waals surface area contributed by atoms with Gasteiger partial charge in [-0.15, -0.1) is 0 Å². The van der Waals surface area contributed by atoms with Gasteiger partial charge in [0.15, 0.2) is 5.16 Å². The van der Waals surface area contributed by atoms with Crippen LogP contribution < -0.4 is 5.56 Å². The predicted molar refractivity (Wildman–Crippen MR) is 142 cm³/mol. The third kappa shape index (κ3) is 6.83. The van der Waals surface area contributed by atoms with Gasteiger partial charge >= 0.3 is 0 Å². The van der Waals surface area contributed by atoms with Gasteiger partial charge in [0.2, 0.25) is 5.91 Å².